The van der Waals surface area contributed by atoms with Crippen LogP contribution in [0.2, 0.25) is 0 Å². The minimum atomic E-state index is -0.918. The monoisotopic (exact) mass is 317 g/mol. The molecule has 1 aliphatic heterocycles. The lowest BCUT2D eigenvalue weighted by atomic mass is 10.0. The van der Waals surface area contributed by atoms with Gasteiger partial charge < -0.3 is 10.0 Å². The Morgan fingerprint density at radius 1 is 1.53 bits per heavy atom. The van der Waals surface area contributed by atoms with Crippen LogP contribution in [0.4, 0.5) is 0 Å². The van der Waals surface area contributed by atoms with E-state index < -0.39 is 12.0 Å². The van der Waals surface area contributed by atoms with Crippen LogP contribution in [0, 0.1) is 5.92 Å². The van der Waals surface area contributed by atoms with Gasteiger partial charge in [0.25, 0.3) is 5.91 Å². The topological polar surface area (TPSA) is 57.6 Å². The first-order valence-corrected chi connectivity index (χ1v) is 6.90. The van der Waals surface area contributed by atoms with Gasteiger partial charge in [-0.05, 0) is 40.4 Å². The number of carbonyl (C=O) groups excluding carboxylic acids is 1. The maximum absolute atomic E-state index is 12.2. The van der Waals surface area contributed by atoms with Gasteiger partial charge in [0.1, 0.15) is 6.04 Å². The van der Waals surface area contributed by atoms with E-state index in [9.17, 15) is 9.59 Å². The predicted molar refractivity (Wildman–Crippen MR) is 68.3 cm³/mol. The maximum atomic E-state index is 12.2. The Hall–Kier alpha value is -0.880. The summed E-state index contributed by atoms with van der Waals surface area (Å²) in [6.07, 6.45) is 0.745. The molecule has 0 spiro atoms. The normalized spacial score (nSPS) is 24.0. The summed E-state index contributed by atoms with van der Waals surface area (Å²) in [5.41, 5.74) is 0. The Balaban J connectivity index is 2.22. The molecule has 2 heterocycles. The van der Waals surface area contributed by atoms with Gasteiger partial charge in [0.15, 0.2) is 0 Å². The highest BCUT2D eigenvalue weighted by Crippen LogP contribution is 2.29. The highest BCUT2D eigenvalue weighted by Gasteiger charge is 2.40. The summed E-state index contributed by atoms with van der Waals surface area (Å²) in [5.74, 6) is -1.09. The van der Waals surface area contributed by atoms with Crippen molar-refractivity contribution < 1.29 is 14.7 Å². The third kappa shape index (κ3) is 2.37. The number of carboxylic acid groups (broad SMARTS) is 1. The molecule has 92 valence electrons. The third-order valence-corrected chi connectivity index (χ3v) is 4.61. The molecular formula is C11H12BrNO3S. The summed E-state index contributed by atoms with van der Waals surface area (Å²) in [6.45, 7) is 2.39. The largest absolute Gasteiger partial charge is 0.480 e. The van der Waals surface area contributed by atoms with E-state index in [1.807, 2.05) is 6.92 Å². The van der Waals surface area contributed by atoms with Gasteiger partial charge in [-0.25, -0.2) is 4.79 Å². The first kappa shape index (κ1) is 12.6. The molecule has 1 aromatic heterocycles. The molecule has 17 heavy (non-hydrogen) atoms. The van der Waals surface area contributed by atoms with Crippen LogP contribution < -0.4 is 0 Å². The Labute approximate surface area is 111 Å². The molecule has 1 saturated heterocycles. The molecule has 1 amide bonds. The molecule has 2 unspecified atom stereocenters. The Bertz CT molecular complexity index is 459. The van der Waals surface area contributed by atoms with Crippen molar-refractivity contribution in [2.24, 2.45) is 5.92 Å². The van der Waals surface area contributed by atoms with E-state index >= 15 is 0 Å². The number of rotatable bonds is 2. The molecule has 4 nitrogen and oxygen atoms in total. The van der Waals surface area contributed by atoms with E-state index in [0.29, 0.717) is 11.4 Å². The van der Waals surface area contributed by atoms with Crippen molar-refractivity contribution in [3.63, 3.8) is 0 Å². The molecule has 0 saturated carbocycles. The number of hydrogen-bond donors (Lipinski definition) is 1. The fourth-order valence-corrected chi connectivity index (χ4v) is 3.46. The van der Waals surface area contributed by atoms with E-state index in [1.165, 1.54) is 16.2 Å². The van der Waals surface area contributed by atoms with Crippen molar-refractivity contribution in [3.05, 3.63) is 20.8 Å². The number of likely N-dealkylation sites (tertiary alicyclic amines) is 1. The zero-order chi connectivity index (χ0) is 12.6. The van der Waals surface area contributed by atoms with Crippen LogP contribution >= 0.6 is 27.3 Å². The second-order valence-corrected chi connectivity index (χ2v) is 6.61. The van der Waals surface area contributed by atoms with Gasteiger partial charge >= 0.3 is 5.97 Å². The van der Waals surface area contributed by atoms with Gasteiger partial charge in [-0.2, -0.15) is 0 Å². The SMILES string of the molecule is CC1CCN(C(=O)c2ccc(Br)s2)C1C(=O)O. The fourth-order valence-electron chi connectivity index (χ4n) is 2.12. The highest BCUT2D eigenvalue weighted by molar-refractivity contribution is 9.11. The maximum Gasteiger partial charge on any atom is 0.326 e. The summed E-state index contributed by atoms with van der Waals surface area (Å²) in [4.78, 5) is 25.4. The smallest absolute Gasteiger partial charge is 0.326 e. The van der Waals surface area contributed by atoms with Crippen molar-refractivity contribution in [2.45, 2.75) is 19.4 Å². The van der Waals surface area contributed by atoms with E-state index in [4.69, 9.17) is 5.11 Å². The lowest BCUT2D eigenvalue weighted by molar-refractivity contribution is -0.142. The summed E-state index contributed by atoms with van der Waals surface area (Å²) >= 11 is 4.63. The number of thiophene rings is 1. The zero-order valence-corrected chi connectivity index (χ0v) is 11.6. The van der Waals surface area contributed by atoms with E-state index in [0.717, 1.165) is 10.2 Å². The van der Waals surface area contributed by atoms with Crippen LogP contribution in [0.1, 0.15) is 23.0 Å². The molecule has 1 N–H and O–H groups in total. The lowest BCUT2D eigenvalue weighted by Gasteiger charge is -2.22. The average molecular weight is 318 g/mol. The molecule has 1 aromatic rings. The summed E-state index contributed by atoms with van der Waals surface area (Å²) < 4.78 is 0.875. The van der Waals surface area contributed by atoms with Crippen molar-refractivity contribution in [1.29, 1.82) is 0 Å². The highest BCUT2D eigenvalue weighted by atomic mass is 79.9. The number of carbonyl (C=O) groups is 2. The van der Waals surface area contributed by atoms with Crippen LogP contribution in [-0.2, 0) is 4.79 Å². The number of aliphatic carboxylic acids is 1. The van der Waals surface area contributed by atoms with Gasteiger partial charge in [0.05, 0.1) is 8.66 Å². The van der Waals surface area contributed by atoms with Crippen molar-refractivity contribution in [3.8, 4) is 0 Å². The van der Waals surface area contributed by atoms with E-state index in [1.54, 1.807) is 12.1 Å². The summed E-state index contributed by atoms with van der Waals surface area (Å²) in [6, 6.07) is 2.83. The molecule has 0 bridgehead atoms. The number of amides is 1. The van der Waals surface area contributed by atoms with Gasteiger partial charge in [0.2, 0.25) is 0 Å². The second-order valence-electron chi connectivity index (χ2n) is 4.15. The van der Waals surface area contributed by atoms with Crippen molar-refractivity contribution in [2.75, 3.05) is 6.54 Å². The quantitative estimate of drug-likeness (QED) is 0.911. The molecule has 2 rings (SSSR count). The van der Waals surface area contributed by atoms with E-state index in [-0.39, 0.29) is 11.8 Å². The number of carboxylic acids is 1. The standard InChI is InChI=1S/C11H12BrNO3S/c1-6-4-5-13(9(6)11(15)16)10(14)7-2-3-8(12)17-7/h2-3,6,9H,4-5H2,1H3,(H,15,16). The van der Waals surface area contributed by atoms with Gasteiger partial charge in [-0.3, -0.25) is 4.79 Å². The molecule has 0 radical (unpaired) electrons. The summed E-state index contributed by atoms with van der Waals surface area (Å²) in [7, 11) is 0. The molecule has 0 aromatic carbocycles. The average Bonchev–Trinajstić information content (AvgIpc) is 2.83. The van der Waals surface area contributed by atoms with Crippen LogP contribution in [0.5, 0.6) is 0 Å². The number of halogens is 1. The minimum absolute atomic E-state index is 0.0138. The molecular weight excluding hydrogens is 306 g/mol. The van der Waals surface area contributed by atoms with E-state index in [2.05, 4.69) is 15.9 Å². The van der Waals surface area contributed by atoms with Gasteiger partial charge in [0, 0.05) is 6.54 Å². The van der Waals surface area contributed by atoms with Gasteiger partial charge in [-0.15, -0.1) is 11.3 Å². The Morgan fingerprint density at radius 3 is 2.76 bits per heavy atom. The fraction of sp³-hybridized carbons (Fsp3) is 0.455. The van der Waals surface area contributed by atoms with Crippen LogP contribution in [0.15, 0.2) is 15.9 Å². The Morgan fingerprint density at radius 2 is 2.24 bits per heavy atom. The van der Waals surface area contributed by atoms with Crippen molar-refractivity contribution >= 4 is 39.1 Å². The first-order valence-electron chi connectivity index (χ1n) is 5.30. The lowest BCUT2D eigenvalue weighted by Crippen LogP contribution is -2.42. The van der Waals surface area contributed by atoms with Crippen LogP contribution in [0.25, 0.3) is 0 Å². The predicted octanol–water partition coefficient (Wildman–Crippen LogP) is 2.45. The third-order valence-electron chi connectivity index (χ3n) is 3.00. The summed E-state index contributed by atoms with van der Waals surface area (Å²) in [5, 5.41) is 9.16. The molecule has 1 aliphatic rings. The van der Waals surface area contributed by atoms with Gasteiger partial charge in [-0.1, -0.05) is 6.92 Å². The molecule has 6 heteroatoms. The van der Waals surface area contributed by atoms with Crippen LogP contribution in [0.3, 0.4) is 0 Å². The zero-order valence-electron chi connectivity index (χ0n) is 9.22. The molecule has 2 atom stereocenters. The minimum Gasteiger partial charge on any atom is -0.480 e. The first-order chi connectivity index (χ1) is 8.00. The Kier molecular flexibility index (Phi) is 3.53. The van der Waals surface area contributed by atoms with Crippen molar-refractivity contribution in [1.82, 2.24) is 4.90 Å². The number of hydrogen-bond acceptors (Lipinski definition) is 3. The van der Waals surface area contributed by atoms with Crippen LogP contribution in [-0.4, -0.2) is 34.5 Å². The number of nitrogens with zero attached hydrogens (tertiary/aromatic N) is 1. The molecule has 1 fully saturated rings. The molecule has 0 aliphatic carbocycles. The second kappa shape index (κ2) is 4.78.